The third kappa shape index (κ3) is 4.25. The van der Waals surface area contributed by atoms with Crippen LogP contribution in [-0.4, -0.2) is 44.8 Å². The number of halogens is 1. The number of fused-ring (bicyclic) bond motifs is 1. The molecule has 1 N–H and O–H groups in total. The van der Waals surface area contributed by atoms with E-state index in [9.17, 15) is 0 Å². The number of nitrogens with one attached hydrogen (secondary N) is 1. The van der Waals surface area contributed by atoms with Crippen LogP contribution in [0.25, 0.3) is 0 Å². The zero-order chi connectivity index (χ0) is 13.8. The van der Waals surface area contributed by atoms with E-state index in [0.717, 1.165) is 30.5 Å². The maximum absolute atomic E-state index is 5.65. The molecule has 1 fully saturated rings. The van der Waals surface area contributed by atoms with E-state index < -0.39 is 0 Å². The van der Waals surface area contributed by atoms with Crippen molar-refractivity contribution in [3.8, 4) is 11.5 Å². The van der Waals surface area contributed by atoms with E-state index in [-0.39, 0.29) is 12.4 Å². The van der Waals surface area contributed by atoms with Gasteiger partial charge in [0.05, 0.1) is 0 Å². The fraction of sp³-hybridized carbons (Fsp3) is 0.625. The van der Waals surface area contributed by atoms with E-state index >= 15 is 0 Å². The molecule has 118 valence electrons. The third-order valence-corrected chi connectivity index (χ3v) is 4.21. The van der Waals surface area contributed by atoms with Gasteiger partial charge in [-0.2, -0.15) is 0 Å². The van der Waals surface area contributed by atoms with E-state index in [2.05, 4.69) is 22.3 Å². The van der Waals surface area contributed by atoms with Crippen LogP contribution in [0.4, 0.5) is 0 Å². The van der Waals surface area contributed by atoms with Crippen molar-refractivity contribution in [3.05, 3.63) is 23.8 Å². The van der Waals surface area contributed by atoms with Crippen LogP contribution in [0.3, 0.4) is 0 Å². The molecule has 2 aliphatic rings. The van der Waals surface area contributed by atoms with Gasteiger partial charge in [0.2, 0.25) is 0 Å². The number of piperidine rings is 1. The van der Waals surface area contributed by atoms with Gasteiger partial charge in [-0.3, -0.25) is 4.90 Å². The highest BCUT2D eigenvalue weighted by Crippen LogP contribution is 2.31. The van der Waals surface area contributed by atoms with Crippen molar-refractivity contribution in [3.63, 3.8) is 0 Å². The summed E-state index contributed by atoms with van der Waals surface area (Å²) in [6.07, 6.45) is 2.59. The lowest BCUT2D eigenvalue weighted by Crippen LogP contribution is -2.36. The summed E-state index contributed by atoms with van der Waals surface area (Å²) in [5.41, 5.74) is 1.32. The standard InChI is InChI=1S/C16H24N2O2.ClH/c1-17-11-13-4-6-18(7-5-13)12-14-2-3-15-16(10-14)20-9-8-19-15;/h2-3,10,13,17H,4-9,11-12H2,1H3;1H. The summed E-state index contributed by atoms with van der Waals surface area (Å²) in [4.78, 5) is 2.54. The van der Waals surface area contributed by atoms with E-state index in [0.29, 0.717) is 13.2 Å². The van der Waals surface area contributed by atoms with Crippen molar-refractivity contribution in [1.82, 2.24) is 10.2 Å². The van der Waals surface area contributed by atoms with Crippen molar-refractivity contribution in [2.24, 2.45) is 5.92 Å². The highest BCUT2D eigenvalue weighted by Gasteiger charge is 2.19. The fourth-order valence-corrected chi connectivity index (χ4v) is 3.08. The van der Waals surface area contributed by atoms with Gasteiger partial charge >= 0.3 is 0 Å². The van der Waals surface area contributed by atoms with Crippen molar-refractivity contribution in [1.29, 1.82) is 0 Å². The average Bonchev–Trinajstić information content (AvgIpc) is 2.49. The Labute approximate surface area is 133 Å². The number of hydrogen-bond acceptors (Lipinski definition) is 4. The summed E-state index contributed by atoms with van der Waals surface area (Å²) in [5, 5.41) is 3.29. The fourth-order valence-electron chi connectivity index (χ4n) is 3.08. The predicted molar refractivity (Wildman–Crippen MR) is 86.6 cm³/mol. The Morgan fingerprint density at radius 3 is 2.57 bits per heavy atom. The van der Waals surface area contributed by atoms with Crippen LogP contribution in [0.1, 0.15) is 18.4 Å². The summed E-state index contributed by atoms with van der Waals surface area (Å²) in [7, 11) is 2.04. The number of rotatable bonds is 4. The molecule has 0 atom stereocenters. The average molecular weight is 313 g/mol. The van der Waals surface area contributed by atoms with Crippen molar-refractivity contribution >= 4 is 12.4 Å². The quantitative estimate of drug-likeness (QED) is 0.925. The summed E-state index contributed by atoms with van der Waals surface area (Å²) in [6.45, 7) is 5.87. The Hall–Kier alpha value is -0.970. The van der Waals surface area contributed by atoms with Gasteiger partial charge in [0.1, 0.15) is 13.2 Å². The minimum Gasteiger partial charge on any atom is -0.486 e. The minimum atomic E-state index is 0. The number of nitrogens with zero attached hydrogens (tertiary/aromatic N) is 1. The first-order chi connectivity index (χ1) is 9.85. The van der Waals surface area contributed by atoms with Crippen LogP contribution in [0.5, 0.6) is 11.5 Å². The van der Waals surface area contributed by atoms with Gasteiger partial charge in [-0.15, -0.1) is 12.4 Å². The topological polar surface area (TPSA) is 33.7 Å². The summed E-state index contributed by atoms with van der Waals surface area (Å²) < 4.78 is 11.2. The van der Waals surface area contributed by atoms with Crippen molar-refractivity contribution in [2.75, 3.05) is 39.9 Å². The molecule has 3 rings (SSSR count). The molecule has 0 bridgehead atoms. The van der Waals surface area contributed by atoms with Crippen molar-refractivity contribution < 1.29 is 9.47 Å². The molecule has 21 heavy (non-hydrogen) atoms. The highest BCUT2D eigenvalue weighted by atomic mass is 35.5. The van der Waals surface area contributed by atoms with Gasteiger partial charge in [-0.1, -0.05) is 6.07 Å². The minimum absolute atomic E-state index is 0. The monoisotopic (exact) mass is 312 g/mol. The molecule has 0 aromatic heterocycles. The molecule has 1 saturated heterocycles. The zero-order valence-corrected chi connectivity index (χ0v) is 13.5. The van der Waals surface area contributed by atoms with E-state index in [1.54, 1.807) is 0 Å². The lowest BCUT2D eigenvalue weighted by Gasteiger charge is -2.32. The summed E-state index contributed by atoms with van der Waals surface area (Å²) >= 11 is 0. The normalized spacial score (nSPS) is 19.1. The molecule has 0 amide bonds. The Morgan fingerprint density at radius 2 is 1.86 bits per heavy atom. The van der Waals surface area contributed by atoms with Gasteiger partial charge in [0.25, 0.3) is 0 Å². The first-order valence-corrected chi connectivity index (χ1v) is 7.60. The molecule has 5 heteroatoms. The van der Waals surface area contributed by atoms with Crippen LogP contribution < -0.4 is 14.8 Å². The molecule has 2 heterocycles. The molecule has 0 radical (unpaired) electrons. The maximum Gasteiger partial charge on any atom is 0.161 e. The molecule has 0 unspecified atom stereocenters. The SMILES string of the molecule is CNCC1CCN(Cc2ccc3c(c2)OCCO3)CC1.Cl. The molecular formula is C16H25ClN2O2. The van der Waals surface area contributed by atoms with Crippen LogP contribution in [0.15, 0.2) is 18.2 Å². The summed E-state index contributed by atoms with van der Waals surface area (Å²) in [5.74, 6) is 2.63. The van der Waals surface area contributed by atoms with E-state index in [1.807, 2.05) is 13.1 Å². The molecule has 0 spiro atoms. The second-order valence-electron chi connectivity index (χ2n) is 5.76. The van der Waals surface area contributed by atoms with Crippen LogP contribution in [0, 0.1) is 5.92 Å². The van der Waals surface area contributed by atoms with E-state index in [1.165, 1.54) is 31.5 Å². The first kappa shape index (κ1) is 16.4. The Bertz CT molecular complexity index is 448. The predicted octanol–water partition coefficient (Wildman–Crippen LogP) is 2.31. The van der Waals surface area contributed by atoms with Crippen LogP contribution in [0.2, 0.25) is 0 Å². The molecule has 2 aliphatic heterocycles. The largest absolute Gasteiger partial charge is 0.486 e. The van der Waals surface area contributed by atoms with Gasteiger partial charge in [-0.25, -0.2) is 0 Å². The van der Waals surface area contributed by atoms with Gasteiger partial charge in [0.15, 0.2) is 11.5 Å². The lowest BCUT2D eigenvalue weighted by atomic mass is 9.96. The Kier molecular flexibility index (Phi) is 6.15. The molecule has 4 nitrogen and oxygen atoms in total. The lowest BCUT2D eigenvalue weighted by molar-refractivity contribution is 0.167. The Morgan fingerprint density at radius 1 is 1.14 bits per heavy atom. The molecule has 1 aromatic carbocycles. The summed E-state index contributed by atoms with van der Waals surface area (Å²) in [6, 6.07) is 6.33. The smallest absolute Gasteiger partial charge is 0.161 e. The first-order valence-electron chi connectivity index (χ1n) is 7.60. The number of hydrogen-bond donors (Lipinski definition) is 1. The number of likely N-dealkylation sites (tertiary alicyclic amines) is 1. The van der Waals surface area contributed by atoms with Gasteiger partial charge < -0.3 is 14.8 Å². The molecule has 1 aromatic rings. The van der Waals surface area contributed by atoms with Gasteiger partial charge in [0, 0.05) is 6.54 Å². The zero-order valence-electron chi connectivity index (χ0n) is 12.6. The Balaban J connectivity index is 0.00000161. The second kappa shape index (κ2) is 7.87. The third-order valence-electron chi connectivity index (χ3n) is 4.21. The molecule has 0 saturated carbocycles. The number of benzene rings is 1. The molecular weight excluding hydrogens is 288 g/mol. The maximum atomic E-state index is 5.65. The van der Waals surface area contributed by atoms with E-state index in [4.69, 9.17) is 9.47 Å². The van der Waals surface area contributed by atoms with Crippen LogP contribution in [-0.2, 0) is 6.54 Å². The highest BCUT2D eigenvalue weighted by molar-refractivity contribution is 5.85. The number of ether oxygens (including phenoxy) is 2. The van der Waals surface area contributed by atoms with Crippen molar-refractivity contribution in [2.45, 2.75) is 19.4 Å². The second-order valence-corrected chi connectivity index (χ2v) is 5.76. The molecule has 0 aliphatic carbocycles. The van der Waals surface area contributed by atoms with Gasteiger partial charge in [-0.05, 0) is 63.1 Å². The van der Waals surface area contributed by atoms with Crippen LogP contribution >= 0.6 is 12.4 Å².